The van der Waals surface area contributed by atoms with E-state index in [9.17, 15) is 14.3 Å². The molecule has 0 aliphatic carbocycles. The Morgan fingerprint density at radius 2 is 1.94 bits per heavy atom. The highest BCUT2D eigenvalue weighted by Crippen LogP contribution is 2.25. The van der Waals surface area contributed by atoms with Crippen LogP contribution in [0.5, 0.6) is 0 Å². The molecule has 0 radical (unpaired) electrons. The molecule has 1 N–H and O–H groups in total. The highest BCUT2D eigenvalue weighted by atomic mass is 19.1. The number of benzene rings is 2. The van der Waals surface area contributed by atoms with Crippen LogP contribution < -0.4 is 5.56 Å². The molecule has 0 aliphatic heterocycles. The average Bonchev–Trinajstić information content (AvgIpc) is 3.40. The van der Waals surface area contributed by atoms with Crippen molar-refractivity contribution in [1.29, 1.82) is 0 Å². The first kappa shape index (κ1) is 20.8. The number of aliphatic hydroxyl groups excluding tert-OH is 1. The number of fused-ring (bicyclic) bond motifs is 1. The van der Waals surface area contributed by atoms with Crippen molar-refractivity contribution >= 4 is 5.52 Å². The van der Waals surface area contributed by atoms with E-state index in [1.54, 1.807) is 24.5 Å². The summed E-state index contributed by atoms with van der Waals surface area (Å²) in [5, 5.41) is 18.5. The molecule has 3 heterocycles. The van der Waals surface area contributed by atoms with Gasteiger partial charge in [-0.25, -0.2) is 8.91 Å². The predicted octanol–water partition coefficient (Wildman–Crippen LogP) is 3.12. The van der Waals surface area contributed by atoms with E-state index in [0.717, 1.165) is 16.7 Å². The number of hydrogen-bond donors (Lipinski definition) is 1. The molecule has 0 atom stereocenters. The maximum atomic E-state index is 13.4. The average molecular weight is 445 g/mol. The van der Waals surface area contributed by atoms with Crippen molar-refractivity contribution in [3.8, 4) is 11.3 Å². The Labute approximate surface area is 187 Å². The zero-order valence-electron chi connectivity index (χ0n) is 17.8. The SMILES string of the molecule is Cc1ccc(-c2nn3ccn(Cc4nc(Cc5cccc(F)c5)no4)c(=O)c3c2CO)cc1. The maximum Gasteiger partial charge on any atom is 0.277 e. The molecule has 0 aliphatic rings. The summed E-state index contributed by atoms with van der Waals surface area (Å²) >= 11 is 0. The lowest BCUT2D eigenvalue weighted by Gasteiger charge is -2.03. The van der Waals surface area contributed by atoms with Gasteiger partial charge in [-0.2, -0.15) is 10.1 Å². The molecule has 0 bridgehead atoms. The van der Waals surface area contributed by atoms with Crippen LogP contribution in [0.2, 0.25) is 0 Å². The largest absolute Gasteiger partial charge is 0.392 e. The lowest BCUT2D eigenvalue weighted by Crippen LogP contribution is -2.22. The highest BCUT2D eigenvalue weighted by Gasteiger charge is 2.18. The van der Waals surface area contributed by atoms with Crippen molar-refractivity contribution in [2.45, 2.75) is 26.5 Å². The molecule has 5 rings (SSSR count). The van der Waals surface area contributed by atoms with Gasteiger partial charge in [0.05, 0.1) is 12.3 Å². The lowest BCUT2D eigenvalue weighted by molar-refractivity contribution is 0.283. The van der Waals surface area contributed by atoms with Crippen molar-refractivity contribution in [3.63, 3.8) is 0 Å². The Morgan fingerprint density at radius 1 is 1.12 bits per heavy atom. The third-order valence-corrected chi connectivity index (χ3v) is 5.41. The fourth-order valence-corrected chi connectivity index (χ4v) is 3.77. The van der Waals surface area contributed by atoms with Crippen LogP contribution in [0.25, 0.3) is 16.8 Å². The van der Waals surface area contributed by atoms with Gasteiger partial charge in [-0.3, -0.25) is 4.79 Å². The third kappa shape index (κ3) is 4.06. The highest BCUT2D eigenvalue weighted by molar-refractivity contribution is 5.72. The number of halogens is 1. The summed E-state index contributed by atoms with van der Waals surface area (Å²) in [6.07, 6.45) is 3.54. The number of aromatic nitrogens is 5. The van der Waals surface area contributed by atoms with Crippen LogP contribution in [-0.4, -0.2) is 29.4 Å². The van der Waals surface area contributed by atoms with Gasteiger partial charge in [0.25, 0.3) is 5.56 Å². The molecule has 166 valence electrons. The second-order valence-corrected chi connectivity index (χ2v) is 7.79. The normalized spacial score (nSPS) is 11.4. The van der Waals surface area contributed by atoms with Gasteiger partial charge < -0.3 is 14.2 Å². The Kier molecular flexibility index (Phi) is 5.31. The minimum Gasteiger partial charge on any atom is -0.392 e. The van der Waals surface area contributed by atoms with Crippen molar-refractivity contribution in [2.75, 3.05) is 0 Å². The van der Waals surface area contributed by atoms with E-state index >= 15 is 0 Å². The Hall–Kier alpha value is -4.11. The molecule has 0 saturated carbocycles. The van der Waals surface area contributed by atoms with Crippen LogP contribution in [0.15, 0.2) is 70.2 Å². The fourth-order valence-electron chi connectivity index (χ4n) is 3.77. The first-order valence-electron chi connectivity index (χ1n) is 10.4. The van der Waals surface area contributed by atoms with E-state index in [4.69, 9.17) is 4.52 Å². The quantitative estimate of drug-likeness (QED) is 0.431. The molecule has 0 amide bonds. The van der Waals surface area contributed by atoms with Gasteiger partial charge in [0.1, 0.15) is 17.9 Å². The molecule has 5 aromatic rings. The van der Waals surface area contributed by atoms with Crippen LogP contribution in [-0.2, 0) is 19.6 Å². The lowest BCUT2D eigenvalue weighted by atomic mass is 10.1. The summed E-state index contributed by atoms with van der Waals surface area (Å²) in [7, 11) is 0. The maximum absolute atomic E-state index is 13.4. The number of rotatable bonds is 6. The Bertz CT molecular complexity index is 1500. The standard InChI is InChI=1S/C24H20FN5O3/c1-15-5-7-17(8-6-15)22-19(14-31)23-24(32)29(9-10-30(23)27-22)13-21-26-20(28-33-21)12-16-3-2-4-18(25)11-16/h2-11,31H,12-14H2,1H3. The molecule has 0 saturated heterocycles. The van der Waals surface area contributed by atoms with Gasteiger partial charge in [-0.05, 0) is 24.6 Å². The first-order chi connectivity index (χ1) is 16.0. The van der Waals surface area contributed by atoms with Crippen LogP contribution in [0, 0.1) is 12.7 Å². The second kappa shape index (κ2) is 8.44. The van der Waals surface area contributed by atoms with E-state index in [1.165, 1.54) is 21.2 Å². The van der Waals surface area contributed by atoms with Crippen LogP contribution in [0.4, 0.5) is 4.39 Å². The van der Waals surface area contributed by atoms with Gasteiger partial charge in [0, 0.05) is 29.9 Å². The first-order valence-corrected chi connectivity index (χ1v) is 10.4. The Balaban J connectivity index is 1.46. The molecule has 33 heavy (non-hydrogen) atoms. The number of aliphatic hydroxyl groups is 1. The third-order valence-electron chi connectivity index (χ3n) is 5.41. The number of hydrogen-bond acceptors (Lipinski definition) is 6. The minimum absolute atomic E-state index is 0.0569. The molecular formula is C24H20FN5O3. The van der Waals surface area contributed by atoms with Gasteiger partial charge in [0.15, 0.2) is 5.82 Å². The summed E-state index contributed by atoms with van der Waals surface area (Å²) in [5.41, 5.74) is 3.60. The van der Waals surface area contributed by atoms with E-state index in [0.29, 0.717) is 23.5 Å². The molecule has 0 fully saturated rings. The smallest absolute Gasteiger partial charge is 0.277 e. The van der Waals surface area contributed by atoms with Crippen LogP contribution in [0.1, 0.15) is 28.4 Å². The minimum atomic E-state index is -0.336. The van der Waals surface area contributed by atoms with Gasteiger partial charge >= 0.3 is 0 Å². The van der Waals surface area contributed by atoms with Gasteiger partial charge in [0.2, 0.25) is 5.89 Å². The number of nitrogens with zero attached hydrogens (tertiary/aromatic N) is 5. The zero-order chi connectivity index (χ0) is 22.9. The predicted molar refractivity (Wildman–Crippen MR) is 118 cm³/mol. The molecule has 0 spiro atoms. The van der Waals surface area contributed by atoms with E-state index in [-0.39, 0.29) is 35.9 Å². The zero-order valence-corrected chi connectivity index (χ0v) is 17.8. The Morgan fingerprint density at radius 3 is 2.70 bits per heavy atom. The van der Waals surface area contributed by atoms with E-state index in [2.05, 4.69) is 15.2 Å². The van der Waals surface area contributed by atoms with Crippen molar-refractivity contribution in [1.82, 2.24) is 24.3 Å². The molecule has 0 unspecified atom stereocenters. The molecule has 8 nitrogen and oxygen atoms in total. The molecule has 3 aromatic heterocycles. The molecule has 2 aromatic carbocycles. The molecule has 9 heteroatoms. The summed E-state index contributed by atoms with van der Waals surface area (Å²) in [4.78, 5) is 17.5. The van der Waals surface area contributed by atoms with Crippen molar-refractivity contribution in [3.05, 3.63) is 106 Å². The summed E-state index contributed by atoms with van der Waals surface area (Å²) in [6, 6.07) is 13.9. The van der Waals surface area contributed by atoms with Gasteiger partial charge in [-0.15, -0.1) is 0 Å². The van der Waals surface area contributed by atoms with E-state index < -0.39 is 0 Å². The summed E-state index contributed by atoms with van der Waals surface area (Å²) in [5.74, 6) is 0.310. The molecular weight excluding hydrogens is 425 g/mol. The second-order valence-electron chi connectivity index (χ2n) is 7.79. The fraction of sp³-hybridized carbons (Fsp3) is 0.167. The van der Waals surface area contributed by atoms with Crippen LogP contribution >= 0.6 is 0 Å². The van der Waals surface area contributed by atoms with Crippen molar-refractivity contribution < 1.29 is 14.0 Å². The van der Waals surface area contributed by atoms with E-state index in [1.807, 2.05) is 31.2 Å². The van der Waals surface area contributed by atoms with Gasteiger partial charge in [-0.1, -0.05) is 47.1 Å². The topological polar surface area (TPSA) is 98.5 Å². The van der Waals surface area contributed by atoms with Crippen LogP contribution in [0.3, 0.4) is 0 Å². The number of aryl methyl sites for hydroxylation is 1. The summed E-state index contributed by atoms with van der Waals surface area (Å²) in [6.45, 7) is 1.71. The monoisotopic (exact) mass is 445 g/mol. The van der Waals surface area contributed by atoms with Crippen molar-refractivity contribution in [2.24, 2.45) is 0 Å². The summed E-state index contributed by atoms with van der Waals surface area (Å²) < 4.78 is 21.6.